The van der Waals surface area contributed by atoms with Crippen LogP contribution in [0.15, 0.2) is 58.8 Å². The van der Waals surface area contributed by atoms with Gasteiger partial charge in [0.25, 0.3) is 5.91 Å². The number of rotatable bonds is 4. The summed E-state index contributed by atoms with van der Waals surface area (Å²) in [6, 6.07) is 12.0. The van der Waals surface area contributed by atoms with Crippen LogP contribution in [0.2, 0.25) is 0 Å². The lowest BCUT2D eigenvalue weighted by atomic mass is 10.2. The van der Waals surface area contributed by atoms with Gasteiger partial charge < -0.3 is 16.4 Å². The predicted molar refractivity (Wildman–Crippen MR) is 88.7 cm³/mol. The summed E-state index contributed by atoms with van der Waals surface area (Å²) >= 11 is 3.31. The van der Waals surface area contributed by atoms with Gasteiger partial charge in [0.1, 0.15) is 17.5 Å². The smallest absolute Gasteiger partial charge is 0.267 e. The quantitative estimate of drug-likeness (QED) is 0.443. The molecule has 7 heteroatoms. The Kier molecular flexibility index (Phi) is 5.11. The zero-order valence-electron chi connectivity index (χ0n) is 11.4. The lowest BCUT2D eigenvalue weighted by Gasteiger charge is -2.05. The Labute approximate surface area is 135 Å². The van der Waals surface area contributed by atoms with Gasteiger partial charge in [0.15, 0.2) is 0 Å². The molecule has 0 bridgehead atoms. The highest BCUT2D eigenvalue weighted by atomic mass is 79.9. The standard InChI is InChI=1S/C15H12BrN5O/c16-11-5-6-19-14(7-11)20-9-10(8-17)15(22)21-13-3-1-12(18)2-4-13/h1-7,9H,18H2,(H,19,20)(H,21,22)/b10-9-. The van der Waals surface area contributed by atoms with Crippen molar-refractivity contribution in [1.82, 2.24) is 4.98 Å². The number of amides is 1. The van der Waals surface area contributed by atoms with Crippen LogP contribution in [0, 0.1) is 11.3 Å². The fourth-order valence-electron chi connectivity index (χ4n) is 1.54. The van der Waals surface area contributed by atoms with Crippen molar-refractivity contribution in [2.75, 3.05) is 16.4 Å². The third-order valence-corrected chi connectivity index (χ3v) is 3.11. The zero-order valence-corrected chi connectivity index (χ0v) is 13.0. The van der Waals surface area contributed by atoms with E-state index in [0.717, 1.165) is 4.47 Å². The third kappa shape index (κ3) is 4.33. The maximum absolute atomic E-state index is 12.0. The molecule has 0 fully saturated rings. The van der Waals surface area contributed by atoms with Crippen molar-refractivity contribution in [1.29, 1.82) is 5.26 Å². The number of carbonyl (C=O) groups excluding carboxylic acids is 1. The molecule has 1 heterocycles. The minimum atomic E-state index is -0.519. The van der Waals surface area contributed by atoms with Crippen molar-refractivity contribution in [2.45, 2.75) is 0 Å². The minimum Gasteiger partial charge on any atom is -0.399 e. The van der Waals surface area contributed by atoms with Gasteiger partial charge in [0.05, 0.1) is 0 Å². The molecule has 22 heavy (non-hydrogen) atoms. The van der Waals surface area contributed by atoms with E-state index in [9.17, 15) is 4.79 Å². The van der Waals surface area contributed by atoms with Gasteiger partial charge in [-0.05, 0) is 36.4 Å². The minimum absolute atomic E-state index is 0.0707. The highest BCUT2D eigenvalue weighted by Gasteiger charge is 2.09. The van der Waals surface area contributed by atoms with Crippen LogP contribution < -0.4 is 16.4 Å². The molecule has 2 aromatic rings. The number of carbonyl (C=O) groups is 1. The number of aromatic nitrogens is 1. The summed E-state index contributed by atoms with van der Waals surface area (Å²) in [6.45, 7) is 0. The van der Waals surface area contributed by atoms with E-state index in [1.165, 1.54) is 6.20 Å². The van der Waals surface area contributed by atoms with E-state index in [1.54, 1.807) is 42.6 Å². The summed E-state index contributed by atoms with van der Waals surface area (Å²) in [7, 11) is 0. The van der Waals surface area contributed by atoms with Gasteiger partial charge >= 0.3 is 0 Å². The van der Waals surface area contributed by atoms with E-state index in [-0.39, 0.29) is 5.57 Å². The fourth-order valence-corrected chi connectivity index (χ4v) is 1.88. The van der Waals surface area contributed by atoms with Gasteiger partial charge in [0.2, 0.25) is 0 Å². The summed E-state index contributed by atoms with van der Waals surface area (Å²) in [6.07, 6.45) is 2.90. The Morgan fingerprint density at radius 1 is 1.32 bits per heavy atom. The van der Waals surface area contributed by atoms with Crippen LogP contribution in [0.5, 0.6) is 0 Å². The Morgan fingerprint density at radius 2 is 2.05 bits per heavy atom. The van der Waals surface area contributed by atoms with Crippen molar-refractivity contribution in [2.24, 2.45) is 0 Å². The second-order valence-electron chi connectivity index (χ2n) is 4.25. The normalized spacial score (nSPS) is 10.6. The van der Waals surface area contributed by atoms with Crippen LogP contribution in [-0.4, -0.2) is 10.9 Å². The number of nitrogens with two attached hydrogens (primary N) is 1. The Morgan fingerprint density at radius 3 is 2.68 bits per heavy atom. The molecule has 0 radical (unpaired) electrons. The Bertz CT molecular complexity index is 749. The molecule has 110 valence electrons. The number of anilines is 3. The van der Waals surface area contributed by atoms with Crippen LogP contribution in [0.4, 0.5) is 17.2 Å². The molecular weight excluding hydrogens is 346 g/mol. The molecule has 0 atom stereocenters. The molecule has 0 saturated carbocycles. The lowest BCUT2D eigenvalue weighted by molar-refractivity contribution is -0.112. The van der Waals surface area contributed by atoms with Crippen LogP contribution in [0.3, 0.4) is 0 Å². The summed E-state index contributed by atoms with van der Waals surface area (Å²) in [5, 5.41) is 14.5. The Balaban J connectivity index is 2.07. The summed E-state index contributed by atoms with van der Waals surface area (Å²) < 4.78 is 0.836. The third-order valence-electron chi connectivity index (χ3n) is 2.62. The lowest BCUT2D eigenvalue weighted by Crippen LogP contribution is -2.14. The molecule has 1 aromatic heterocycles. The molecule has 0 aliphatic heterocycles. The first-order valence-electron chi connectivity index (χ1n) is 6.24. The van der Waals surface area contributed by atoms with Crippen LogP contribution in [0.1, 0.15) is 0 Å². The van der Waals surface area contributed by atoms with E-state index < -0.39 is 5.91 Å². The molecular formula is C15H12BrN5O. The number of halogens is 1. The van der Waals surface area contributed by atoms with Crippen molar-refractivity contribution in [3.8, 4) is 6.07 Å². The number of hydrogen-bond donors (Lipinski definition) is 3. The molecule has 0 aliphatic rings. The molecule has 0 saturated heterocycles. The van der Waals surface area contributed by atoms with Gasteiger partial charge in [-0.3, -0.25) is 4.79 Å². The van der Waals surface area contributed by atoms with Crippen molar-refractivity contribution >= 4 is 39.0 Å². The molecule has 6 nitrogen and oxygen atoms in total. The molecule has 2 rings (SSSR count). The van der Waals surface area contributed by atoms with Crippen molar-refractivity contribution in [3.05, 3.63) is 58.8 Å². The van der Waals surface area contributed by atoms with Crippen molar-refractivity contribution < 1.29 is 4.79 Å². The van der Waals surface area contributed by atoms with E-state index in [2.05, 4.69) is 31.5 Å². The number of benzene rings is 1. The summed E-state index contributed by atoms with van der Waals surface area (Å²) in [4.78, 5) is 16.1. The maximum Gasteiger partial charge on any atom is 0.267 e. The number of nitrogens with one attached hydrogen (secondary N) is 2. The highest BCUT2D eigenvalue weighted by molar-refractivity contribution is 9.10. The van der Waals surface area contributed by atoms with Gasteiger partial charge in [0, 0.05) is 28.2 Å². The average molecular weight is 358 g/mol. The largest absolute Gasteiger partial charge is 0.399 e. The molecule has 0 spiro atoms. The second-order valence-corrected chi connectivity index (χ2v) is 5.17. The molecule has 4 N–H and O–H groups in total. The first-order valence-corrected chi connectivity index (χ1v) is 7.03. The Hall–Kier alpha value is -2.85. The fraction of sp³-hybridized carbons (Fsp3) is 0. The SMILES string of the molecule is N#C/C(=C/Nc1cc(Br)ccn1)C(=O)Nc1ccc(N)cc1. The van der Waals surface area contributed by atoms with Crippen LogP contribution >= 0.6 is 15.9 Å². The van der Waals surface area contributed by atoms with E-state index in [1.807, 2.05) is 6.07 Å². The van der Waals surface area contributed by atoms with E-state index in [4.69, 9.17) is 11.0 Å². The van der Waals surface area contributed by atoms with E-state index >= 15 is 0 Å². The number of pyridine rings is 1. The number of nitriles is 1. The first-order chi connectivity index (χ1) is 10.6. The molecule has 1 aromatic carbocycles. The monoisotopic (exact) mass is 357 g/mol. The van der Waals surface area contributed by atoms with E-state index in [0.29, 0.717) is 17.2 Å². The van der Waals surface area contributed by atoms with Crippen LogP contribution in [0.25, 0.3) is 0 Å². The number of hydrogen-bond acceptors (Lipinski definition) is 5. The van der Waals surface area contributed by atoms with Crippen molar-refractivity contribution in [3.63, 3.8) is 0 Å². The highest BCUT2D eigenvalue weighted by Crippen LogP contribution is 2.14. The number of nitrogen functional groups attached to an aromatic ring is 1. The second kappa shape index (κ2) is 7.24. The zero-order chi connectivity index (χ0) is 15.9. The molecule has 0 aliphatic carbocycles. The van der Waals surface area contributed by atoms with Gasteiger partial charge in [-0.25, -0.2) is 4.98 Å². The summed E-state index contributed by atoms with van der Waals surface area (Å²) in [5.41, 5.74) is 6.65. The summed E-state index contributed by atoms with van der Waals surface area (Å²) in [5.74, 6) is -0.00261. The van der Waals surface area contributed by atoms with Crippen LogP contribution in [-0.2, 0) is 4.79 Å². The first kappa shape index (κ1) is 15.5. The van der Waals surface area contributed by atoms with Gasteiger partial charge in [-0.1, -0.05) is 15.9 Å². The predicted octanol–water partition coefficient (Wildman–Crippen LogP) is 2.88. The maximum atomic E-state index is 12.0. The number of nitrogens with zero attached hydrogens (tertiary/aromatic N) is 2. The van der Waals surface area contributed by atoms with Gasteiger partial charge in [-0.2, -0.15) is 5.26 Å². The average Bonchev–Trinajstić information content (AvgIpc) is 2.50. The molecule has 0 unspecified atom stereocenters. The molecule has 1 amide bonds. The van der Waals surface area contributed by atoms with Gasteiger partial charge in [-0.15, -0.1) is 0 Å². The topological polar surface area (TPSA) is 104 Å².